The molecule has 0 spiro atoms. The molecule has 84 valence electrons. The van der Waals surface area contributed by atoms with Gasteiger partial charge in [0.2, 0.25) is 0 Å². The van der Waals surface area contributed by atoms with Crippen molar-refractivity contribution in [3.05, 3.63) is 23.8 Å². The van der Waals surface area contributed by atoms with E-state index < -0.39 is 0 Å². The number of hydrogen-bond donors (Lipinski definition) is 1. The van der Waals surface area contributed by atoms with Crippen molar-refractivity contribution in [3.63, 3.8) is 0 Å². The minimum atomic E-state index is 0.00222. The summed E-state index contributed by atoms with van der Waals surface area (Å²) in [6.45, 7) is 6.34. The molecule has 0 aromatic heterocycles. The maximum atomic E-state index is 5.97. The van der Waals surface area contributed by atoms with Crippen LogP contribution in [0.4, 0.5) is 0 Å². The molecule has 0 radical (unpaired) electrons. The van der Waals surface area contributed by atoms with Gasteiger partial charge in [0, 0.05) is 21.8 Å². The van der Waals surface area contributed by atoms with Gasteiger partial charge in [-0.15, -0.1) is 11.8 Å². The second-order valence-corrected chi connectivity index (χ2v) is 5.45. The van der Waals surface area contributed by atoms with Crippen LogP contribution in [0.5, 0.6) is 5.75 Å². The summed E-state index contributed by atoms with van der Waals surface area (Å²) in [5, 5.41) is 0.551. The van der Waals surface area contributed by atoms with Crippen LogP contribution in [0.3, 0.4) is 0 Å². The van der Waals surface area contributed by atoms with Crippen LogP contribution in [0.2, 0.25) is 0 Å². The van der Waals surface area contributed by atoms with Crippen molar-refractivity contribution in [2.24, 2.45) is 5.73 Å². The third kappa shape index (κ3) is 3.14. The molecule has 0 amide bonds. The minimum absolute atomic E-state index is 0.00222. The van der Waals surface area contributed by atoms with Crippen LogP contribution < -0.4 is 10.5 Å². The first-order valence-electron chi connectivity index (χ1n) is 5.15. The fraction of sp³-hybridized carbons (Fsp3) is 0.500. The van der Waals surface area contributed by atoms with Crippen LogP contribution in [0.25, 0.3) is 0 Å². The molecule has 0 fully saturated rings. The predicted molar refractivity (Wildman–Crippen MR) is 66.6 cm³/mol. The van der Waals surface area contributed by atoms with E-state index in [9.17, 15) is 0 Å². The lowest BCUT2D eigenvalue weighted by molar-refractivity contribution is 0.405. The number of hydrogen-bond acceptors (Lipinski definition) is 3. The maximum absolute atomic E-state index is 5.97. The van der Waals surface area contributed by atoms with Gasteiger partial charge in [-0.25, -0.2) is 0 Å². The Kier molecular flexibility index (Phi) is 4.48. The van der Waals surface area contributed by atoms with E-state index in [0.717, 1.165) is 11.3 Å². The van der Waals surface area contributed by atoms with E-state index in [0.29, 0.717) is 5.25 Å². The molecule has 1 atom stereocenters. The number of ether oxygens (including phenoxy) is 1. The summed E-state index contributed by atoms with van der Waals surface area (Å²) >= 11 is 1.82. The Morgan fingerprint density at radius 2 is 1.93 bits per heavy atom. The van der Waals surface area contributed by atoms with Crippen LogP contribution in [0, 0.1) is 0 Å². The molecule has 1 aromatic carbocycles. The average Bonchev–Trinajstić information content (AvgIpc) is 2.15. The fourth-order valence-electron chi connectivity index (χ4n) is 1.51. The van der Waals surface area contributed by atoms with Crippen molar-refractivity contribution in [3.8, 4) is 5.75 Å². The molecule has 15 heavy (non-hydrogen) atoms. The molecule has 0 saturated carbocycles. The van der Waals surface area contributed by atoms with Gasteiger partial charge in [0.25, 0.3) is 0 Å². The molecular weight excluding hydrogens is 206 g/mol. The summed E-state index contributed by atoms with van der Waals surface area (Å²) in [5.74, 6) is 0.885. The molecule has 0 bridgehead atoms. The Morgan fingerprint density at radius 1 is 1.27 bits per heavy atom. The highest BCUT2D eigenvalue weighted by Crippen LogP contribution is 2.35. The Bertz CT molecular complexity index is 323. The quantitative estimate of drug-likeness (QED) is 0.799. The Morgan fingerprint density at radius 3 is 2.40 bits per heavy atom. The zero-order chi connectivity index (χ0) is 11.4. The predicted octanol–water partition coefficient (Wildman–Crippen LogP) is 3.22. The molecule has 2 N–H and O–H groups in total. The van der Waals surface area contributed by atoms with E-state index in [2.05, 4.69) is 19.9 Å². The van der Waals surface area contributed by atoms with Gasteiger partial charge in [0.1, 0.15) is 5.75 Å². The monoisotopic (exact) mass is 225 g/mol. The molecule has 2 nitrogen and oxygen atoms in total. The molecule has 1 aromatic rings. The van der Waals surface area contributed by atoms with Gasteiger partial charge in [0.15, 0.2) is 0 Å². The number of nitrogens with two attached hydrogens (primary N) is 1. The lowest BCUT2D eigenvalue weighted by Crippen LogP contribution is -2.09. The number of thioether (sulfide) groups is 1. The first-order chi connectivity index (χ1) is 7.06. The standard InChI is InChI=1S/C12H19NOS/c1-8(2)15-11-7-5-6-10(14-4)12(11)9(3)13/h5-9H,13H2,1-4H3/t9-/m0/s1. The van der Waals surface area contributed by atoms with Gasteiger partial charge in [-0.1, -0.05) is 19.9 Å². The van der Waals surface area contributed by atoms with Crippen LogP contribution in [0.1, 0.15) is 32.4 Å². The second kappa shape index (κ2) is 5.42. The van der Waals surface area contributed by atoms with Gasteiger partial charge in [-0.3, -0.25) is 0 Å². The van der Waals surface area contributed by atoms with Crippen molar-refractivity contribution in [1.29, 1.82) is 0 Å². The molecule has 0 aliphatic heterocycles. The van der Waals surface area contributed by atoms with Gasteiger partial charge in [0.05, 0.1) is 7.11 Å². The van der Waals surface area contributed by atoms with E-state index in [-0.39, 0.29) is 6.04 Å². The Labute approximate surface area is 96.2 Å². The van der Waals surface area contributed by atoms with Crippen LogP contribution in [-0.4, -0.2) is 12.4 Å². The third-order valence-electron chi connectivity index (χ3n) is 2.06. The fourth-order valence-corrected chi connectivity index (χ4v) is 2.59. The molecule has 0 heterocycles. The SMILES string of the molecule is COc1cccc(SC(C)C)c1[C@H](C)N. The second-order valence-electron chi connectivity index (χ2n) is 3.83. The maximum Gasteiger partial charge on any atom is 0.124 e. The molecule has 3 heteroatoms. The van der Waals surface area contributed by atoms with Crippen molar-refractivity contribution in [1.82, 2.24) is 0 Å². The van der Waals surface area contributed by atoms with E-state index in [4.69, 9.17) is 10.5 Å². The highest BCUT2D eigenvalue weighted by molar-refractivity contribution is 8.00. The van der Waals surface area contributed by atoms with E-state index in [1.54, 1.807) is 7.11 Å². The van der Waals surface area contributed by atoms with Crippen molar-refractivity contribution in [2.75, 3.05) is 7.11 Å². The summed E-state index contributed by atoms with van der Waals surface area (Å²) in [4.78, 5) is 1.22. The Hall–Kier alpha value is -0.670. The number of methoxy groups -OCH3 is 1. The third-order valence-corrected chi connectivity index (χ3v) is 3.15. The largest absolute Gasteiger partial charge is 0.496 e. The molecule has 0 aliphatic carbocycles. The zero-order valence-corrected chi connectivity index (χ0v) is 10.6. The molecular formula is C12H19NOS. The van der Waals surface area contributed by atoms with E-state index >= 15 is 0 Å². The first-order valence-corrected chi connectivity index (χ1v) is 6.03. The van der Waals surface area contributed by atoms with E-state index in [1.807, 2.05) is 30.8 Å². The summed E-state index contributed by atoms with van der Waals surface area (Å²) in [6.07, 6.45) is 0. The highest BCUT2D eigenvalue weighted by Gasteiger charge is 2.13. The van der Waals surface area contributed by atoms with Gasteiger partial charge in [-0.05, 0) is 19.1 Å². The van der Waals surface area contributed by atoms with Gasteiger partial charge < -0.3 is 10.5 Å². The van der Waals surface area contributed by atoms with Gasteiger partial charge >= 0.3 is 0 Å². The highest BCUT2D eigenvalue weighted by atomic mass is 32.2. The topological polar surface area (TPSA) is 35.2 Å². The number of rotatable bonds is 4. The smallest absolute Gasteiger partial charge is 0.124 e. The molecule has 0 aliphatic rings. The Balaban J connectivity index is 3.13. The van der Waals surface area contributed by atoms with Crippen LogP contribution in [-0.2, 0) is 0 Å². The first kappa shape index (κ1) is 12.4. The van der Waals surface area contributed by atoms with Crippen LogP contribution >= 0.6 is 11.8 Å². The summed E-state index contributed by atoms with van der Waals surface area (Å²) in [7, 11) is 1.69. The van der Waals surface area contributed by atoms with Gasteiger partial charge in [-0.2, -0.15) is 0 Å². The summed E-state index contributed by atoms with van der Waals surface area (Å²) in [6, 6.07) is 6.08. The summed E-state index contributed by atoms with van der Waals surface area (Å²) in [5.41, 5.74) is 7.08. The minimum Gasteiger partial charge on any atom is -0.496 e. The molecule has 0 saturated heterocycles. The van der Waals surface area contributed by atoms with Crippen molar-refractivity contribution < 1.29 is 4.74 Å². The van der Waals surface area contributed by atoms with Crippen molar-refractivity contribution >= 4 is 11.8 Å². The average molecular weight is 225 g/mol. The zero-order valence-electron chi connectivity index (χ0n) is 9.78. The summed E-state index contributed by atoms with van der Waals surface area (Å²) < 4.78 is 5.34. The van der Waals surface area contributed by atoms with E-state index in [1.165, 1.54) is 4.90 Å². The lowest BCUT2D eigenvalue weighted by Gasteiger charge is -2.17. The lowest BCUT2D eigenvalue weighted by atomic mass is 10.1. The van der Waals surface area contributed by atoms with Crippen molar-refractivity contribution in [2.45, 2.75) is 37.0 Å². The normalized spacial score (nSPS) is 12.9. The molecule has 1 rings (SSSR count). The van der Waals surface area contributed by atoms with Crippen LogP contribution in [0.15, 0.2) is 23.1 Å². The number of benzene rings is 1. The molecule has 0 unspecified atom stereocenters.